The third-order valence-corrected chi connectivity index (χ3v) is 3.90. The molecule has 2 aromatic carbocycles. The lowest BCUT2D eigenvalue weighted by Crippen LogP contribution is -2.24. The first kappa shape index (κ1) is 19.3. The summed E-state index contributed by atoms with van der Waals surface area (Å²) in [5.41, 5.74) is 1.03. The van der Waals surface area contributed by atoms with Crippen molar-refractivity contribution in [3.8, 4) is 0 Å². The van der Waals surface area contributed by atoms with Gasteiger partial charge in [-0.3, -0.25) is 4.79 Å². The van der Waals surface area contributed by atoms with E-state index in [1.807, 2.05) is 31.2 Å². The zero-order chi connectivity index (χ0) is 20.1. The standard InChI is InChI=1S/C20H17F3N4O/c1-13-5-4-6-14(11-13)12-25-18(28)17-9-10-24-19(27-17)26-16-8-3-2-7-15(16)20(21,22)23/h2-11H,12H2,1H3,(H,25,28)(H,24,26,27). The van der Waals surface area contributed by atoms with Gasteiger partial charge in [0.15, 0.2) is 0 Å². The first-order chi connectivity index (χ1) is 13.3. The van der Waals surface area contributed by atoms with Crippen LogP contribution in [0.3, 0.4) is 0 Å². The van der Waals surface area contributed by atoms with E-state index in [0.29, 0.717) is 6.54 Å². The van der Waals surface area contributed by atoms with Gasteiger partial charge in [-0.25, -0.2) is 9.97 Å². The van der Waals surface area contributed by atoms with Crippen LogP contribution in [-0.4, -0.2) is 15.9 Å². The van der Waals surface area contributed by atoms with Crippen LogP contribution in [0, 0.1) is 6.92 Å². The minimum absolute atomic E-state index is 0.0506. The van der Waals surface area contributed by atoms with Gasteiger partial charge >= 0.3 is 6.18 Å². The molecule has 2 N–H and O–H groups in total. The van der Waals surface area contributed by atoms with Gasteiger partial charge in [-0.05, 0) is 30.7 Å². The number of anilines is 2. The van der Waals surface area contributed by atoms with Crippen molar-refractivity contribution in [2.75, 3.05) is 5.32 Å². The number of hydrogen-bond donors (Lipinski definition) is 2. The molecule has 5 nitrogen and oxygen atoms in total. The maximum atomic E-state index is 13.1. The third kappa shape index (κ3) is 4.85. The maximum Gasteiger partial charge on any atom is 0.418 e. The molecule has 0 fully saturated rings. The van der Waals surface area contributed by atoms with Crippen LogP contribution < -0.4 is 10.6 Å². The third-order valence-electron chi connectivity index (χ3n) is 3.90. The topological polar surface area (TPSA) is 66.9 Å². The van der Waals surface area contributed by atoms with Gasteiger partial charge in [0, 0.05) is 12.7 Å². The van der Waals surface area contributed by atoms with E-state index in [-0.39, 0.29) is 17.3 Å². The van der Waals surface area contributed by atoms with Gasteiger partial charge in [0.1, 0.15) is 5.69 Å². The maximum absolute atomic E-state index is 13.1. The number of aryl methyl sites for hydroxylation is 1. The molecule has 0 aliphatic carbocycles. The summed E-state index contributed by atoms with van der Waals surface area (Å²) >= 11 is 0. The zero-order valence-electron chi connectivity index (χ0n) is 14.9. The van der Waals surface area contributed by atoms with E-state index < -0.39 is 17.6 Å². The molecule has 0 atom stereocenters. The number of benzene rings is 2. The summed E-state index contributed by atoms with van der Waals surface area (Å²) in [7, 11) is 0. The second kappa shape index (κ2) is 8.08. The van der Waals surface area contributed by atoms with Crippen LogP contribution in [0.2, 0.25) is 0 Å². The highest BCUT2D eigenvalue weighted by molar-refractivity contribution is 5.92. The van der Waals surface area contributed by atoms with Gasteiger partial charge in [-0.15, -0.1) is 0 Å². The molecule has 1 heterocycles. The number of nitrogens with zero attached hydrogens (tertiary/aromatic N) is 2. The highest BCUT2D eigenvalue weighted by atomic mass is 19.4. The summed E-state index contributed by atoms with van der Waals surface area (Å²) in [6, 6.07) is 14.1. The van der Waals surface area contributed by atoms with Gasteiger partial charge in [0.2, 0.25) is 5.95 Å². The average Bonchev–Trinajstić information content (AvgIpc) is 2.66. The molecule has 3 aromatic rings. The quantitative estimate of drug-likeness (QED) is 0.679. The number of aromatic nitrogens is 2. The fourth-order valence-electron chi connectivity index (χ4n) is 2.60. The minimum atomic E-state index is -4.52. The van der Waals surface area contributed by atoms with Gasteiger partial charge in [0.25, 0.3) is 5.91 Å². The second-order valence-corrected chi connectivity index (χ2v) is 6.11. The van der Waals surface area contributed by atoms with E-state index >= 15 is 0 Å². The van der Waals surface area contributed by atoms with Crippen molar-refractivity contribution < 1.29 is 18.0 Å². The molecule has 0 saturated heterocycles. The fraction of sp³-hybridized carbons (Fsp3) is 0.150. The van der Waals surface area contributed by atoms with Crippen LogP contribution in [0.1, 0.15) is 27.2 Å². The molecule has 0 saturated carbocycles. The number of carbonyl (C=O) groups is 1. The lowest BCUT2D eigenvalue weighted by Gasteiger charge is -2.13. The first-order valence-electron chi connectivity index (χ1n) is 8.43. The van der Waals surface area contributed by atoms with Crippen molar-refractivity contribution in [2.45, 2.75) is 19.6 Å². The lowest BCUT2D eigenvalue weighted by molar-refractivity contribution is -0.136. The molecule has 8 heteroatoms. The molecule has 0 aliphatic heterocycles. The smallest absolute Gasteiger partial charge is 0.347 e. The van der Waals surface area contributed by atoms with E-state index in [4.69, 9.17) is 0 Å². The second-order valence-electron chi connectivity index (χ2n) is 6.11. The highest BCUT2D eigenvalue weighted by Crippen LogP contribution is 2.35. The molecule has 3 rings (SSSR count). The summed E-state index contributed by atoms with van der Waals surface area (Å²) in [6.07, 6.45) is -3.21. The average molecular weight is 386 g/mol. The SMILES string of the molecule is Cc1cccc(CNC(=O)c2ccnc(Nc3ccccc3C(F)(F)F)n2)c1. The lowest BCUT2D eigenvalue weighted by atomic mass is 10.1. The van der Waals surface area contributed by atoms with Crippen LogP contribution in [0.4, 0.5) is 24.8 Å². The number of rotatable bonds is 5. The molecule has 144 valence electrons. The summed E-state index contributed by atoms with van der Waals surface area (Å²) in [4.78, 5) is 20.2. The molecule has 0 bridgehead atoms. The predicted molar refractivity (Wildman–Crippen MR) is 99.1 cm³/mol. The molecule has 28 heavy (non-hydrogen) atoms. The Morgan fingerprint density at radius 1 is 1.07 bits per heavy atom. The van der Waals surface area contributed by atoms with Crippen molar-refractivity contribution in [2.24, 2.45) is 0 Å². The van der Waals surface area contributed by atoms with E-state index in [1.54, 1.807) is 0 Å². The molecular weight excluding hydrogens is 369 g/mol. The first-order valence-corrected chi connectivity index (χ1v) is 8.43. The molecule has 0 aliphatic rings. The largest absolute Gasteiger partial charge is 0.418 e. The van der Waals surface area contributed by atoms with Crippen molar-refractivity contribution in [1.82, 2.24) is 15.3 Å². The summed E-state index contributed by atoms with van der Waals surface area (Å²) in [5, 5.41) is 5.27. The van der Waals surface area contributed by atoms with E-state index in [1.165, 1.54) is 30.5 Å². The molecule has 0 radical (unpaired) electrons. The fourth-order valence-corrected chi connectivity index (χ4v) is 2.60. The number of hydrogen-bond acceptors (Lipinski definition) is 4. The van der Waals surface area contributed by atoms with E-state index in [2.05, 4.69) is 20.6 Å². The molecule has 1 aromatic heterocycles. The minimum Gasteiger partial charge on any atom is -0.347 e. The molecule has 0 spiro atoms. The van der Waals surface area contributed by atoms with E-state index in [9.17, 15) is 18.0 Å². The van der Waals surface area contributed by atoms with Crippen molar-refractivity contribution in [1.29, 1.82) is 0 Å². The van der Waals surface area contributed by atoms with Gasteiger partial charge in [-0.1, -0.05) is 42.0 Å². The van der Waals surface area contributed by atoms with Crippen LogP contribution in [-0.2, 0) is 12.7 Å². The Morgan fingerprint density at radius 2 is 1.86 bits per heavy atom. The molecule has 1 amide bonds. The van der Waals surface area contributed by atoms with Crippen molar-refractivity contribution in [3.63, 3.8) is 0 Å². The molecular formula is C20H17F3N4O. The highest BCUT2D eigenvalue weighted by Gasteiger charge is 2.33. The number of nitrogens with one attached hydrogen (secondary N) is 2. The number of halogens is 3. The number of para-hydroxylation sites is 1. The predicted octanol–water partition coefficient (Wildman–Crippen LogP) is 4.48. The van der Waals surface area contributed by atoms with E-state index in [0.717, 1.165) is 17.2 Å². The number of alkyl halides is 3. The zero-order valence-corrected chi connectivity index (χ0v) is 14.9. The van der Waals surface area contributed by atoms with Crippen LogP contribution >= 0.6 is 0 Å². The summed E-state index contributed by atoms with van der Waals surface area (Å²) in [6.45, 7) is 2.26. The Hall–Kier alpha value is -3.42. The Labute approximate surface area is 159 Å². The monoisotopic (exact) mass is 386 g/mol. The van der Waals surface area contributed by atoms with Crippen molar-refractivity contribution in [3.05, 3.63) is 83.2 Å². The van der Waals surface area contributed by atoms with Crippen LogP contribution in [0.5, 0.6) is 0 Å². The summed E-state index contributed by atoms with van der Waals surface area (Å²) < 4.78 is 39.3. The molecule has 0 unspecified atom stereocenters. The Morgan fingerprint density at radius 3 is 2.61 bits per heavy atom. The number of carbonyl (C=O) groups excluding carboxylic acids is 1. The Bertz CT molecular complexity index is 989. The van der Waals surface area contributed by atoms with Gasteiger partial charge in [0.05, 0.1) is 11.3 Å². The van der Waals surface area contributed by atoms with Gasteiger partial charge < -0.3 is 10.6 Å². The normalized spacial score (nSPS) is 11.1. The Kier molecular flexibility index (Phi) is 5.58. The van der Waals surface area contributed by atoms with Crippen molar-refractivity contribution >= 4 is 17.5 Å². The Balaban J connectivity index is 1.73. The van der Waals surface area contributed by atoms with Gasteiger partial charge in [-0.2, -0.15) is 13.2 Å². The van der Waals surface area contributed by atoms with Crippen LogP contribution in [0.15, 0.2) is 60.8 Å². The number of amides is 1. The summed E-state index contributed by atoms with van der Waals surface area (Å²) in [5.74, 6) is -0.545. The van der Waals surface area contributed by atoms with Crippen LogP contribution in [0.25, 0.3) is 0 Å².